The summed E-state index contributed by atoms with van der Waals surface area (Å²) in [6.07, 6.45) is 0. The minimum absolute atomic E-state index is 0.428. The lowest BCUT2D eigenvalue weighted by Crippen LogP contribution is -2.25. The molecule has 0 fully saturated rings. The summed E-state index contributed by atoms with van der Waals surface area (Å²) >= 11 is 0. The normalized spacial score (nSPS) is 13.3. The first-order chi connectivity index (χ1) is 21.3. The van der Waals surface area contributed by atoms with Gasteiger partial charge < -0.3 is 0 Å². The zero-order valence-electron chi connectivity index (χ0n) is 23.1. The fourth-order valence-electron chi connectivity index (χ4n) is 7.52. The van der Waals surface area contributed by atoms with Gasteiger partial charge in [-0.2, -0.15) is 5.26 Å². The van der Waals surface area contributed by atoms with E-state index in [1.54, 1.807) is 0 Å². The lowest BCUT2D eigenvalue weighted by Gasteiger charge is -2.30. The van der Waals surface area contributed by atoms with Gasteiger partial charge in [0.1, 0.15) is 0 Å². The molecule has 2 aliphatic carbocycles. The average Bonchev–Trinajstić information content (AvgIpc) is 3.55. The van der Waals surface area contributed by atoms with E-state index in [4.69, 9.17) is 9.97 Å². The van der Waals surface area contributed by atoms with Crippen LogP contribution in [0.5, 0.6) is 0 Å². The van der Waals surface area contributed by atoms with E-state index in [2.05, 4.69) is 97.1 Å². The number of benzene rings is 6. The summed E-state index contributed by atoms with van der Waals surface area (Å²) in [6, 6.07) is 51.1. The highest BCUT2D eigenvalue weighted by atomic mass is 14.9. The lowest BCUT2D eigenvalue weighted by molar-refractivity contribution is 0.794. The molecule has 0 amide bonds. The van der Waals surface area contributed by atoms with E-state index in [0.717, 1.165) is 27.7 Å². The zero-order valence-corrected chi connectivity index (χ0v) is 23.1. The predicted octanol–water partition coefficient (Wildman–Crippen LogP) is 9.18. The fraction of sp³-hybridized carbons (Fsp3) is 0.0250. The number of aromatic nitrogens is 2. The van der Waals surface area contributed by atoms with Crippen molar-refractivity contribution < 1.29 is 0 Å². The summed E-state index contributed by atoms with van der Waals surface area (Å²) in [5.74, 6) is 0.657. The van der Waals surface area contributed by atoms with Gasteiger partial charge in [0.2, 0.25) is 0 Å². The van der Waals surface area contributed by atoms with Crippen molar-refractivity contribution in [1.82, 2.24) is 9.97 Å². The maximum Gasteiger partial charge on any atom is 0.161 e. The van der Waals surface area contributed by atoms with Crippen molar-refractivity contribution in [2.75, 3.05) is 0 Å². The first-order valence-electron chi connectivity index (χ1n) is 14.5. The van der Waals surface area contributed by atoms with Gasteiger partial charge in [-0.3, -0.25) is 0 Å². The number of para-hydroxylation sites is 1. The molecule has 0 unspecified atom stereocenters. The van der Waals surface area contributed by atoms with Crippen LogP contribution in [0.4, 0.5) is 0 Å². The highest BCUT2D eigenvalue weighted by Crippen LogP contribution is 2.63. The molecule has 0 radical (unpaired) electrons. The zero-order chi connectivity index (χ0) is 28.5. The highest BCUT2D eigenvalue weighted by Gasteiger charge is 2.52. The highest BCUT2D eigenvalue weighted by molar-refractivity contribution is 6.01. The lowest BCUT2D eigenvalue weighted by atomic mass is 9.70. The molecule has 0 aliphatic heterocycles. The van der Waals surface area contributed by atoms with Gasteiger partial charge in [-0.05, 0) is 56.6 Å². The maximum absolute atomic E-state index is 9.96. The number of rotatable bonds is 2. The molecule has 0 bridgehead atoms. The van der Waals surface area contributed by atoms with Crippen LogP contribution in [0.15, 0.2) is 140 Å². The second kappa shape index (κ2) is 8.82. The van der Waals surface area contributed by atoms with Gasteiger partial charge in [0.05, 0.1) is 28.3 Å². The molecular formula is C40H23N3. The summed E-state index contributed by atoms with van der Waals surface area (Å²) in [5, 5.41) is 10.9. The third kappa shape index (κ3) is 3.07. The van der Waals surface area contributed by atoms with Crippen LogP contribution in [0, 0.1) is 11.3 Å². The van der Waals surface area contributed by atoms with Crippen LogP contribution in [-0.2, 0) is 5.41 Å². The molecule has 7 aromatic rings. The quantitative estimate of drug-likeness (QED) is 0.218. The van der Waals surface area contributed by atoms with E-state index < -0.39 is 5.41 Å². The van der Waals surface area contributed by atoms with E-state index >= 15 is 0 Å². The van der Waals surface area contributed by atoms with Gasteiger partial charge in [-0.1, -0.05) is 127 Å². The van der Waals surface area contributed by atoms with Gasteiger partial charge in [0, 0.05) is 16.5 Å². The van der Waals surface area contributed by atoms with Crippen LogP contribution in [0.25, 0.3) is 55.8 Å². The first-order valence-corrected chi connectivity index (χ1v) is 14.5. The van der Waals surface area contributed by atoms with Crippen molar-refractivity contribution in [3.63, 3.8) is 0 Å². The Morgan fingerprint density at radius 3 is 1.72 bits per heavy atom. The van der Waals surface area contributed by atoms with Gasteiger partial charge in [-0.15, -0.1) is 0 Å². The molecule has 1 spiro atoms. The largest absolute Gasteiger partial charge is 0.228 e. The molecule has 0 N–H and O–H groups in total. The molecular weight excluding hydrogens is 522 g/mol. The number of hydrogen-bond donors (Lipinski definition) is 0. The standard InChI is InChI=1S/C40H23N3/c41-24-25-12-1-2-13-26(25)38-30-17-6-10-23-36(30)42-39(43-38)31-18-11-22-35-37(31)29-16-5-9-21-34(29)40(35)32-19-7-3-14-27(32)28-15-4-8-20-33(28)40/h1-23H. The minimum atomic E-state index is -0.428. The van der Waals surface area contributed by atoms with Crippen LogP contribution in [0.2, 0.25) is 0 Å². The Morgan fingerprint density at radius 1 is 0.465 bits per heavy atom. The molecule has 9 rings (SSSR count). The summed E-state index contributed by atoms with van der Waals surface area (Å²) < 4.78 is 0. The van der Waals surface area contributed by atoms with Crippen molar-refractivity contribution in [3.05, 3.63) is 167 Å². The second-order valence-electron chi connectivity index (χ2n) is 11.2. The maximum atomic E-state index is 9.96. The van der Waals surface area contributed by atoms with Gasteiger partial charge in [0.15, 0.2) is 5.82 Å². The third-order valence-corrected chi connectivity index (χ3v) is 9.17. The molecule has 1 heterocycles. The third-order valence-electron chi connectivity index (χ3n) is 9.17. The Bertz CT molecular complexity index is 2280. The van der Waals surface area contributed by atoms with Gasteiger partial charge in [0.25, 0.3) is 0 Å². The summed E-state index contributed by atoms with van der Waals surface area (Å²) in [4.78, 5) is 10.4. The number of nitrogens with zero attached hydrogens (tertiary/aromatic N) is 3. The van der Waals surface area contributed by atoms with Crippen LogP contribution >= 0.6 is 0 Å². The Morgan fingerprint density at radius 2 is 1.00 bits per heavy atom. The van der Waals surface area contributed by atoms with E-state index in [-0.39, 0.29) is 0 Å². The average molecular weight is 546 g/mol. The number of nitriles is 1. The van der Waals surface area contributed by atoms with E-state index in [1.165, 1.54) is 44.5 Å². The molecule has 6 aromatic carbocycles. The van der Waals surface area contributed by atoms with Crippen molar-refractivity contribution in [1.29, 1.82) is 5.26 Å². The molecule has 3 heteroatoms. The number of fused-ring (bicyclic) bond motifs is 11. The molecule has 198 valence electrons. The summed E-state index contributed by atoms with van der Waals surface area (Å²) in [5.41, 5.74) is 13.7. The van der Waals surface area contributed by atoms with E-state index in [0.29, 0.717) is 11.4 Å². The van der Waals surface area contributed by atoms with E-state index in [9.17, 15) is 5.26 Å². The molecule has 43 heavy (non-hydrogen) atoms. The molecule has 1 aromatic heterocycles. The summed E-state index contributed by atoms with van der Waals surface area (Å²) in [7, 11) is 0. The molecule has 0 saturated heterocycles. The van der Waals surface area contributed by atoms with Gasteiger partial charge >= 0.3 is 0 Å². The second-order valence-corrected chi connectivity index (χ2v) is 11.2. The Hall–Kier alpha value is -5.85. The van der Waals surface area contributed by atoms with Crippen LogP contribution < -0.4 is 0 Å². The van der Waals surface area contributed by atoms with Crippen molar-refractivity contribution in [2.24, 2.45) is 0 Å². The minimum Gasteiger partial charge on any atom is -0.228 e. The van der Waals surface area contributed by atoms with Crippen molar-refractivity contribution >= 4 is 10.9 Å². The fourth-order valence-corrected chi connectivity index (χ4v) is 7.52. The monoisotopic (exact) mass is 545 g/mol. The predicted molar refractivity (Wildman–Crippen MR) is 171 cm³/mol. The first kappa shape index (κ1) is 23.8. The molecule has 0 saturated carbocycles. The van der Waals surface area contributed by atoms with Crippen molar-refractivity contribution in [3.8, 4) is 51.0 Å². The Balaban J connectivity index is 1.39. The van der Waals surface area contributed by atoms with Gasteiger partial charge in [-0.25, -0.2) is 9.97 Å². The number of hydrogen-bond acceptors (Lipinski definition) is 3. The molecule has 0 atom stereocenters. The van der Waals surface area contributed by atoms with E-state index in [1.807, 2.05) is 48.5 Å². The molecule has 2 aliphatic rings. The Kier molecular flexibility index (Phi) is 4.89. The molecule has 3 nitrogen and oxygen atoms in total. The Labute approximate surface area is 249 Å². The smallest absolute Gasteiger partial charge is 0.161 e. The van der Waals surface area contributed by atoms with Crippen LogP contribution in [-0.4, -0.2) is 9.97 Å². The SMILES string of the molecule is N#Cc1ccccc1-c1nc(-c2cccc3c2-c2ccccc2C32c3ccccc3-c3ccccc32)nc2ccccc12. The van der Waals surface area contributed by atoms with Crippen LogP contribution in [0.1, 0.15) is 27.8 Å². The van der Waals surface area contributed by atoms with Crippen LogP contribution in [0.3, 0.4) is 0 Å². The summed E-state index contributed by atoms with van der Waals surface area (Å²) in [6.45, 7) is 0. The van der Waals surface area contributed by atoms with Crippen molar-refractivity contribution in [2.45, 2.75) is 5.41 Å². The topological polar surface area (TPSA) is 49.6 Å².